The van der Waals surface area contributed by atoms with E-state index in [0.717, 1.165) is 16.8 Å². The van der Waals surface area contributed by atoms with Gasteiger partial charge in [0, 0.05) is 34.4 Å². The zero-order valence-electron chi connectivity index (χ0n) is 18.8. The van der Waals surface area contributed by atoms with E-state index in [1.165, 1.54) is 11.8 Å². The van der Waals surface area contributed by atoms with E-state index in [2.05, 4.69) is 24.1 Å². The van der Waals surface area contributed by atoms with E-state index >= 15 is 0 Å². The fourth-order valence-electron chi connectivity index (χ4n) is 4.72. The van der Waals surface area contributed by atoms with Crippen LogP contribution >= 0.6 is 23.4 Å². The van der Waals surface area contributed by atoms with Crippen LogP contribution in [-0.2, 0) is 10.5 Å². The monoisotopic (exact) mass is 493 g/mol. The van der Waals surface area contributed by atoms with Crippen molar-refractivity contribution in [1.29, 1.82) is 0 Å². The molecule has 5 rings (SSSR count). The maximum atomic E-state index is 13.4. The lowest BCUT2D eigenvalue weighted by atomic mass is 9.69. The summed E-state index contributed by atoms with van der Waals surface area (Å²) in [6, 6.07) is 14.2. The first kappa shape index (κ1) is 22.7. The predicted molar refractivity (Wildman–Crippen MR) is 134 cm³/mol. The molecule has 1 atom stereocenters. The molecule has 3 N–H and O–H groups in total. The summed E-state index contributed by atoms with van der Waals surface area (Å²) in [5.74, 6) is 0.630. The molecule has 174 valence electrons. The van der Waals surface area contributed by atoms with Gasteiger partial charge in [-0.1, -0.05) is 67.5 Å². The van der Waals surface area contributed by atoms with Crippen molar-refractivity contribution in [2.24, 2.45) is 5.41 Å². The van der Waals surface area contributed by atoms with Gasteiger partial charge in [-0.05, 0) is 41.2 Å². The first-order valence-corrected chi connectivity index (χ1v) is 12.4. The van der Waals surface area contributed by atoms with Gasteiger partial charge in [0.05, 0.1) is 5.56 Å². The largest absolute Gasteiger partial charge is 0.508 e. The third kappa shape index (κ3) is 4.26. The number of anilines is 1. The van der Waals surface area contributed by atoms with Gasteiger partial charge in [-0.25, -0.2) is 4.98 Å². The van der Waals surface area contributed by atoms with Crippen LogP contribution in [0.1, 0.15) is 49.3 Å². The van der Waals surface area contributed by atoms with Gasteiger partial charge in [0.15, 0.2) is 10.9 Å². The van der Waals surface area contributed by atoms with Crippen molar-refractivity contribution < 1.29 is 9.90 Å². The Labute approximate surface area is 206 Å². The zero-order chi connectivity index (χ0) is 24.0. The van der Waals surface area contributed by atoms with Crippen LogP contribution in [-0.4, -0.2) is 20.9 Å². The highest BCUT2D eigenvalue weighted by Gasteiger charge is 2.42. The topological polar surface area (TPSA) is 95.1 Å². The molecule has 0 saturated heterocycles. The highest BCUT2D eigenvalue weighted by molar-refractivity contribution is 7.98. The second-order valence-electron chi connectivity index (χ2n) is 9.50. The SMILES string of the molecule is CC1(C)CC(=O)C2=C(C1)Nc1nc(SCc3ccccc3Cl)[nH]c(=O)c1[C@H]2c1ccc(O)cc1. The van der Waals surface area contributed by atoms with Gasteiger partial charge in [-0.15, -0.1) is 0 Å². The third-order valence-electron chi connectivity index (χ3n) is 6.25. The summed E-state index contributed by atoms with van der Waals surface area (Å²) in [4.78, 5) is 34.3. The molecule has 8 heteroatoms. The molecule has 0 unspecified atom stereocenters. The van der Waals surface area contributed by atoms with Crippen molar-refractivity contribution in [3.8, 4) is 5.75 Å². The number of rotatable bonds is 4. The van der Waals surface area contributed by atoms with Crippen molar-refractivity contribution in [1.82, 2.24) is 9.97 Å². The Morgan fingerprint density at radius 2 is 1.85 bits per heavy atom. The number of nitrogens with one attached hydrogen (secondary N) is 2. The minimum absolute atomic E-state index is 0.0269. The number of phenolic OH excluding ortho intramolecular Hbond substituents is 1. The minimum Gasteiger partial charge on any atom is -0.508 e. The lowest BCUT2D eigenvalue weighted by Gasteiger charge is -2.38. The van der Waals surface area contributed by atoms with E-state index < -0.39 is 5.92 Å². The van der Waals surface area contributed by atoms with Gasteiger partial charge in [-0.3, -0.25) is 9.59 Å². The molecule has 2 aromatic carbocycles. The summed E-state index contributed by atoms with van der Waals surface area (Å²) in [7, 11) is 0. The Kier molecular flexibility index (Phi) is 5.78. The van der Waals surface area contributed by atoms with Crippen molar-refractivity contribution >= 4 is 35.0 Å². The molecule has 1 aliphatic heterocycles. The molecule has 3 aromatic rings. The molecule has 6 nitrogen and oxygen atoms in total. The number of hydrogen-bond acceptors (Lipinski definition) is 6. The maximum Gasteiger partial charge on any atom is 0.257 e. The molecule has 2 heterocycles. The van der Waals surface area contributed by atoms with Crippen LogP contribution in [0.25, 0.3) is 0 Å². The molecule has 1 aromatic heterocycles. The van der Waals surface area contributed by atoms with Gasteiger partial charge >= 0.3 is 0 Å². The van der Waals surface area contributed by atoms with Crippen LogP contribution in [0, 0.1) is 5.41 Å². The summed E-state index contributed by atoms with van der Waals surface area (Å²) < 4.78 is 0. The Balaban J connectivity index is 1.59. The van der Waals surface area contributed by atoms with Crippen LogP contribution < -0.4 is 10.9 Å². The number of halogens is 1. The highest BCUT2D eigenvalue weighted by Crippen LogP contribution is 2.47. The number of fused-ring (bicyclic) bond motifs is 1. The number of ketones is 1. The summed E-state index contributed by atoms with van der Waals surface area (Å²) in [6.45, 7) is 4.13. The van der Waals surface area contributed by atoms with Crippen LogP contribution in [0.3, 0.4) is 0 Å². The standard InChI is InChI=1S/C26H24ClN3O3S/c1-26(2)11-18-21(19(32)12-26)20(14-7-9-16(31)10-8-14)22-23(28-18)29-25(30-24(22)33)34-13-15-5-3-4-6-17(15)27/h3-10,20,31H,11-13H2,1-2H3,(H2,28,29,30,33)/t20-/m0/s1. The molecule has 0 radical (unpaired) electrons. The van der Waals surface area contributed by atoms with Gasteiger partial charge in [0.2, 0.25) is 0 Å². The zero-order valence-corrected chi connectivity index (χ0v) is 20.4. The quantitative estimate of drug-likeness (QED) is 0.322. The second-order valence-corrected chi connectivity index (χ2v) is 10.9. The van der Waals surface area contributed by atoms with Gasteiger partial charge in [-0.2, -0.15) is 0 Å². The van der Waals surface area contributed by atoms with Gasteiger partial charge in [0.1, 0.15) is 11.6 Å². The fourth-order valence-corrected chi connectivity index (χ4v) is 5.87. The highest BCUT2D eigenvalue weighted by atomic mass is 35.5. The number of Topliss-reactive ketones (excluding diaryl/α,β-unsaturated/α-hetero) is 1. The number of nitrogens with zero attached hydrogens (tertiary/aromatic N) is 1. The smallest absolute Gasteiger partial charge is 0.257 e. The Bertz CT molecular complexity index is 1380. The lowest BCUT2D eigenvalue weighted by Crippen LogP contribution is -2.37. The van der Waals surface area contributed by atoms with Crippen LogP contribution in [0.2, 0.25) is 5.02 Å². The van der Waals surface area contributed by atoms with Gasteiger partial charge in [0.25, 0.3) is 5.56 Å². The number of thioether (sulfide) groups is 1. The number of allylic oxidation sites excluding steroid dienone is 2. The summed E-state index contributed by atoms with van der Waals surface area (Å²) in [5.41, 5.74) is 3.08. The predicted octanol–water partition coefficient (Wildman–Crippen LogP) is 5.62. The first-order valence-electron chi connectivity index (χ1n) is 11.0. The van der Waals surface area contributed by atoms with E-state index in [1.807, 2.05) is 24.3 Å². The van der Waals surface area contributed by atoms with E-state index in [-0.39, 0.29) is 22.5 Å². The number of carbonyl (C=O) groups is 1. The summed E-state index contributed by atoms with van der Waals surface area (Å²) in [6.07, 6.45) is 1.09. The number of benzene rings is 2. The average Bonchev–Trinajstić information content (AvgIpc) is 2.77. The maximum absolute atomic E-state index is 13.4. The molecular weight excluding hydrogens is 470 g/mol. The van der Waals surface area contributed by atoms with E-state index in [9.17, 15) is 14.7 Å². The lowest BCUT2D eigenvalue weighted by molar-refractivity contribution is -0.118. The molecular formula is C26H24ClN3O3S. The van der Waals surface area contributed by atoms with Crippen molar-refractivity contribution in [3.63, 3.8) is 0 Å². The summed E-state index contributed by atoms with van der Waals surface area (Å²) >= 11 is 7.67. The van der Waals surface area contributed by atoms with Crippen molar-refractivity contribution in [2.75, 3.05) is 5.32 Å². The van der Waals surface area contributed by atoms with E-state index in [0.29, 0.717) is 45.7 Å². The van der Waals surface area contributed by atoms with E-state index in [1.54, 1.807) is 24.3 Å². The molecule has 2 aliphatic rings. The second kappa shape index (κ2) is 8.64. The van der Waals surface area contributed by atoms with Crippen molar-refractivity contribution in [3.05, 3.63) is 91.9 Å². The van der Waals surface area contributed by atoms with Crippen LogP contribution in [0.4, 0.5) is 5.82 Å². The summed E-state index contributed by atoms with van der Waals surface area (Å²) in [5, 5.41) is 14.3. The number of aromatic hydroxyl groups is 1. The molecule has 0 bridgehead atoms. The molecule has 0 spiro atoms. The Morgan fingerprint density at radius 3 is 2.59 bits per heavy atom. The molecule has 1 aliphatic carbocycles. The normalized spacial score (nSPS) is 18.8. The van der Waals surface area contributed by atoms with Crippen LogP contribution in [0.5, 0.6) is 5.75 Å². The minimum atomic E-state index is -0.547. The van der Waals surface area contributed by atoms with Gasteiger partial charge < -0.3 is 15.4 Å². The Hall–Kier alpha value is -3.03. The number of aromatic amines is 1. The molecule has 0 saturated carbocycles. The number of aromatic nitrogens is 2. The number of H-pyrrole nitrogens is 1. The number of phenols is 1. The average molecular weight is 494 g/mol. The third-order valence-corrected chi connectivity index (χ3v) is 7.54. The fraction of sp³-hybridized carbons (Fsp3) is 0.269. The van der Waals surface area contributed by atoms with Crippen molar-refractivity contribution in [2.45, 2.75) is 43.5 Å². The molecule has 34 heavy (non-hydrogen) atoms. The molecule has 0 fully saturated rings. The first-order chi connectivity index (χ1) is 16.2. The number of hydrogen-bond donors (Lipinski definition) is 3. The van der Waals surface area contributed by atoms with E-state index in [4.69, 9.17) is 16.6 Å². The number of carbonyl (C=O) groups excluding carboxylic acids is 1. The Morgan fingerprint density at radius 1 is 1.12 bits per heavy atom. The van der Waals surface area contributed by atoms with Crippen LogP contribution in [0.15, 0.2) is 69.8 Å². The molecule has 0 amide bonds.